The van der Waals surface area contributed by atoms with E-state index in [4.69, 9.17) is 5.73 Å². The van der Waals surface area contributed by atoms with Crippen molar-refractivity contribution in [1.29, 1.82) is 0 Å². The van der Waals surface area contributed by atoms with Crippen molar-refractivity contribution >= 4 is 27.2 Å². The SMILES string of the molecule is Cc1ccc(S(=O)(=O)Nc2cc(C#CCN)ccn2)s1. The maximum absolute atomic E-state index is 12.1. The molecule has 0 saturated heterocycles. The number of sulfonamides is 1. The Balaban J connectivity index is 2.25. The van der Waals surface area contributed by atoms with Gasteiger partial charge < -0.3 is 5.73 Å². The van der Waals surface area contributed by atoms with Gasteiger partial charge in [-0.25, -0.2) is 13.4 Å². The Bertz CT molecular complexity index is 770. The molecule has 0 aliphatic rings. The molecule has 20 heavy (non-hydrogen) atoms. The first-order chi connectivity index (χ1) is 9.51. The zero-order valence-corrected chi connectivity index (χ0v) is 12.4. The first kappa shape index (κ1) is 14.5. The van der Waals surface area contributed by atoms with E-state index in [0.29, 0.717) is 5.56 Å². The summed E-state index contributed by atoms with van der Waals surface area (Å²) in [7, 11) is -3.60. The Morgan fingerprint density at radius 2 is 2.20 bits per heavy atom. The molecule has 0 unspecified atom stereocenters. The van der Waals surface area contributed by atoms with Crippen LogP contribution in [-0.4, -0.2) is 19.9 Å². The normalized spacial score (nSPS) is 10.7. The van der Waals surface area contributed by atoms with Crippen molar-refractivity contribution in [3.05, 3.63) is 40.9 Å². The standard InChI is InChI=1S/C13H13N3O2S2/c1-10-4-5-13(19-10)20(17,18)16-12-9-11(3-2-7-14)6-8-15-12/h4-6,8-9H,7,14H2,1H3,(H,15,16). The fourth-order valence-corrected chi connectivity index (χ4v) is 3.74. The summed E-state index contributed by atoms with van der Waals surface area (Å²) in [6.07, 6.45) is 1.50. The molecule has 0 fully saturated rings. The van der Waals surface area contributed by atoms with E-state index in [9.17, 15) is 8.42 Å². The van der Waals surface area contributed by atoms with Gasteiger partial charge in [-0.05, 0) is 31.2 Å². The lowest BCUT2D eigenvalue weighted by atomic mass is 10.2. The van der Waals surface area contributed by atoms with Crippen LogP contribution in [0.3, 0.4) is 0 Å². The summed E-state index contributed by atoms with van der Waals surface area (Å²) in [6.45, 7) is 2.10. The highest BCUT2D eigenvalue weighted by Crippen LogP contribution is 2.22. The van der Waals surface area contributed by atoms with Gasteiger partial charge in [0.2, 0.25) is 0 Å². The van der Waals surface area contributed by atoms with Crippen LogP contribution in [0.15, 0.2) is 34.7 Å². The first-order valence-corrected chi connectivity index (χ1v) is 8.05. The Kier molecular flexibility index (Phi) is 4.39. The Morgan fingerprint density at radius 3 is 2.85 bits per heavy atom. The summed E-state index contributed by atoms with van der Waals surface area (Å²) in [5, 5.41) is 0. The lowest BCUT2D eigenvalue weighted by Crippen LogP contribution is -2.12. The Morgan fingerprint density at radius 1 is 1.40 bits per heavy atom. The molecule has 0 radical (unpaired) electrons. The molecule has 2 aromatic heterocycles. The molecule has 2 rings (SSSR count). The zero-order chi connectivity index (χ0) is 14.6. The Labute approximate surface area is 121 Å². The molecule has 0 aliphatic heterocycles. The number of nitrogens with zero attached hydrogens (tertiary/aromatic N) is 1. The average molecular weight is 307 g/mol. The van der Waals surface area contributed by atoms with E-state index in [2.05, 4.69) is 21.5 Å². The van der Waals surface area contributed by atoms with Crippen LogP contribution in [0.1, 0.15) is 10.4 Å². The molecule has 2 aromatic rings. The van der Waals surface area contributed by atoms with Crippen LogP contribution in [0, 0.1) is 18.8 Å². The number of thiophene rings is 1. The fraction of sp³-hybridized carbons (Fsp3) is 0.154. The third-order valence-corrected chi connectivity index (χ3v) is 5.16. The molecule has 0 amide bonds. The quantitative estimate of drug-likeness (QED) is 0.843. The zero-order valence-electron chi connectivity index (χ0n) is 10.8. The van der Waals surface area contributed by atoms with Gasteiger partial charge in [0, 0.05) is 16.6 Å². The van der Waals surface area contributed by atoms with Gasteiger partial charge in [0.1, 0.15) is 10.0 Å². The highest BCUT2D eigenvalue weighted by Gasteiger charge is 2.16. The molecule has 0 atom stereocenters. The molecule has 3 N–H and O–H groups in total. The van der Waals surface area contributed by atoms with Crippen LogP contribution in [0.25, 0.3) is 0 Å². The van der Waals surface area contributed by atoms with Crippen molar-refractivity contribution in [1.82, 2.24) is 4.98 Å². The van der Waals surface area contributed by atoms with Gasteiger partial charge in [-0.2, -0.15) is 0 Å². The molecule has 5 nitrogen and oxygen atoms in total. The van der Waals surface area contributed by atoms with Crippen molar-refractivity contribution in [2.45, 2.75) is 11.1 Å². The van der Waals surface area contributed by atoms with Gasteiger partial charge in [0.15, 0.2) is 0 Å². The average Bonchev–Trinajstić information content (AvgIpc) is 2.84. The second kappa shape index (κ2) is 6.05. The van der Waals surface area contributed by atoms with Crippen LogP contribution in [0.2, 0.25) is 0 Å². The summed E-state index contributed by atoms with van der Waals surface area (Å²) in [4.78, 5) is 4.91. The molecule has 2 heterocycles. The third-order valence-electron chi connectivity index (χ3n) is 2.31. The predicted molar refractivity (Wildman–Crippen MR) is 80.0 cm³/mol. The van der Waals surface area contributed by atoms with Crippen LogP contribution in [-0.2, 0) is 10.0 Å². The molecular formula is C13H13N3O2S2. The van der Waals surface area contributed by atoms with E-state index in [0.717, 1.165) is 4.88 Å². The van der Waals surface area contributed by atoms with Gasteiger partial charge in [0.25, 0.3) is 10.0 Å². The second-order valence-electron chi connectivity index (χ2n) is 3.91. The maximum atomic E-state index is 12.1. The van der Waals surface area contributed by atoms with Crippen molar-refractivity contribution in [2.75, 3.05) is 11.3 Å². The van der Waals surface area contributed by atoms with Gasteiger partial charge in [0.05, 0.1) is 6.54 Å². The molecular weight excluding hydrogens is 294 g/mol. The fourth-order valence-electron chi connectivity index (χ4n) is 1.46. The third kappa shape index (κ3) is 3.57. The molecule has 0 aromatic carbocycles. The highest BCUT2D eigenvalue weighted by atomic mass is 32.2. The van der Waals surface area contributed by atoms with E-state index in [1.54, 1.807) is 24.3 Å². The molecule has 0 spiro atoms. The highest BCUT2D eigenvalue weighted by molar-refractivity contribution is 7.94. The van der Waals surface area contributed by atoms with E-state index in [1.165, 1.54) is 17.5 Å². The number of hydrogen-bond donors (Lipinski definition) is 2. The van der Waals surface area contributed by atoms with E-state index >= 15 is 0 Å². The monoisotopic (exact) mass is 307 g/mol. The number of hydrogen-bond acceptors (Lipinski definition) is 5. The minimum atomic E-state index is -3.60. The summed E-state index contributed by atoms with van der Waals surface area (Å²) in [6, 6.07) is 6.59. The van der Waals surface area contributed by atoms with Crippen molar-refractivity contribution in [3.63, 3.8) is 0 Å². The Hall–Kier alpha value is -1.88. The van der Waals surface area contributed by atoms with Gasteiger partial charge in [-0.15, -0.1) is 11.3 Å². The van der Waals surface area contributed by atoms with E-state index in [1.807, 2.05) is 6.92 Å². The lowest BCUT2D eigenvalue weighted by Gasteiger charge is -2.05. The summed E-state index contributed by atoms with van der Waals surface area (Å²) in [5.74, 6) is 5.77. The molecule has 0 aliphatic carbocycles. The predicted octanol–water partition coefficient (Wildman–Crippen LogP) is 1.56. The second-order valence-corrected chi connectivity index (χ2v) is 7.10. The summed E-state index contributed by atoms with van der Waals surface area (Å²) >= 11 is 1.21. The van der Waals surface area contributed by atoms with Gasteiger partial charge in [-0.1, -0.05) is 11.8 Å². The first-order valence-electron chi connectivity index (χ1n) is 5.75. The minimum absolute atomic E-state index is 0.236. The topological polar surface area (TPSA) is 85.1 Å². The number of aryl methyl sites for hydroxylation is 1. The largest absolute Gasteiger partial charge is 0.320 e. The molecule has 7 heteroatoms. The van der Waals surface area contributed by atoms with E-state index in [-0.39, 0.29) is 16.6 Å². The van der Waals surface area contributed by atoms with Crippen molar-refractivity contribution < 1.29 is 8.42 Å². The number of aromatic nitrogens is 1. The number of nitrogens with two attached hydrogens (primary N) is 1. The number of anilines is 1. The van der Waals surface area contributed by atoms with Gasteiger partial charge >= 0.3 is 0 Å². The van der Waals surface area contributed by atoms with Crippen LogP contribution >= 0.6 is 11.3 Å². The molecule has 0 bridgehead atoms. The summed E-state index contributed by atoms with van der Waals surface area (Å²) in [5.41, 5.74) is 5.95. The van der Waals surface area contributed by atoms with E-state index < -0.39 is 10.0 Å². The van der Waals surface area contributed by atoms with Crippen molar-refractivity contribution in [2.24, 2.45) is 5.73 Å². The number of rotatable bonds is 3. The van der Waals surface area contributed by atoms with Gasteiger partial charge in [-0.3, -0.25) is 4.72 Å². The summed E-state index contributed by atoms with van der Waals surface area (Å²) < 4.78 is 27.0. The van der Waals surface area contributed by atoms with Crippen molar-refractivity contribution in [3.8, 4) is 11.8 Å². The lowest BCUT2D eigenvalue weighted by molar-refractivity contribution is 0.603. The minimum Gasteiger partial charge on any atom is -0.320 e. The maximum Gasteiger partial charge on any atom is 0.272 e. The smallest absolute Gasteiger partial charge is 0.272 e. The molecule has 0 saturated carbocycles. The van der Waals surface area contributed by atoms with Crippen LogP contribution < -0.4 is 10.5 Å². The number of pyridine rings is 1. The number of nitrogens with one attached hydrogen (secondary N) is 1. The molecule has 104 valence electrons. The van der Waals surface area contributed by atoms with Crippen LogP contribution in [0.4, 0.5) is 5.82 Å². The van der Waals surface area contributed by atoms with Crippen LogP contribution in [0.5, 0.6) is 0 Å².